The van der Waals surface area contributed by atoms with E-state index in [1.165, 1.54) is 40.3 Å². The third kappa shape index (κ3) is 40.2. The van der Waals surface area contributed by atoms with Crippen LogP contribution in [0.3, 0.4) is 0 Å². The Morgan fingerprint density at radius 1 is 0.473 bits per heavy atom. The van der Waals surface area contributed by atoms with Gasteiger partial charge in [0.1, 0.15) is 83.7 Å². The Morgan fingerprint density at radius 3 is 1.42 bits per heavy atom. The summed E-state index contributed by atoms with van der Waals surface area (Å²) in [6, 6.07) is 9.33. The molecule has 0 aliphatic carbocycles. The number of alkyl carbamates (subject to hydrolysis) is 1. The predicted octanol–water partition coefficient (Wildman–Crippen LogP) is 5.90. The zero-order valence-corrected chi connectivity index (χ0v) is 71.0. The summed E-state index contributed by atoms with van der Waals surface area (Å²) in [5, 5.41) is 47.8. The number of carboxylic acid groups (broad SMARTS) is 1. The molecule has 0 aliphatic rings. The maximum atomic E-state index is 15.0. The van der Waals surface area contributed by atoms with Gasteiger partial charge in [-0.1, -0.05) is 103 Å². The Balaban J connectivity index is 2.01. The molecule has 3 aromatic carbocycles. The lowest BCUT2D eigenvalue weighted by Gasteiger charge is -2.33. The fourth-order valence-corrected chi connectivity index (χ4v) is 12.9. The second-order valence-corrected chi connectivity index (χ2v) is 34.8. The van der Waals surface area contributed by atoms with Crippen molar-refractivity contribution >= 4 is 98.6 Å². The third-order valence-electron chi connectivity index (χ3n) is 16.1. The van der Waals surface area contributed by atoms with Gasteiger partial charge in [0.2, 0.25) is 53.2 Å². The second-order valence-electron chi connectivity index (χ2n) is 31.1. The molecule has 0 aromatic heterocycles. The van der Waals surface area contributed by atoms with Gasteiger partial charge in [-0.3, -0.25) is 43.2 Å². The molecule has 0 saturated heterocycles. The van der Waals surface area contributed by atoms with Crippen LogP contribution in [0, 0.1) is 5.92 Å². The van der Waals surface area contributed by atoms with Crippen LogP contribution in [0.5, 0.6) is 11.5 Å². The zero-order valence-electron chi connectivity index (χ0n) is 68.5. The number of carbonyl (C=O) groups excluding carboxylic acids is 10. The number of hydrogen-bond donors (Lipinski definition) is 12. The van der Waals surface area contributed by atoms with Crippen LogP contribution in [-0.4, -0.2) is 234 Å². The SMILES string of the molecule is CCSSC[C@H](NC(=O)OC(C)C)C(=O)NCCOCCOCC(=O)N[C@@H](Cc1ccc(OC(C)(C)C)cc1)C(=O)N[C@@H](COC(C)(C)C)C(=O)N[C@H](C(=O)N[C@@H](CO)C(=O)N[C@@H](Cc1ccc(OC(C)(C)C)cc1)C(=O)N[C@@H](Cc1ccccc1)C(=O)N[C@H](C(=O)N[C@@H](CCSC)C(=O)O)C(C)CC)C(C)OC(C)(C)C. The number of benzene rings is 3. The van der Waals surface area contributed by atoms with E-state index in [2.05, 4.69) is 53.2 Å². The standard InChI is InChI=1S/C79H124N10O20S3/c1-20-49(5)64(72(98)82-56(74(100)101)35-40-110-19)88-69(95)59(41-51-25-23-22-24-26-51)83-68(94)58(43-53-29-33-55(34-30-53)109-79(16,17)18)84-70(96)60(44-90)85-73(99)65(50(6)107-77(10,11)12)89-71(97)61(45-105-76(7,8)9)86-67(93)57(42-52-27-31-54(32-28-52)108-78(13,14)15)81-63(91)46-104-39-38-103-37-36-80-66(92)62(47-112-111-21-2)87-75(102)106-48(3)4/h22-34,48-50,56-62,64-65,90H,20-21,35-47H2,1-19H3,(H,80,92)(H,81,91)(H,82,98)(H,83,94)(H,84,96)(H,85,99)(H,86,93)(H,87,102)(H,88,95)(H,89,97)(H,100,101)/t49?,50?,56-,57-,58-,59-,60-,61-,62-,64-,65-/m0/s1. The molecule has 0 heterocycles. The molecule has 12 N–H and O–H groups in total. The number of amides is 10. The van der Waals surface area contributed by atoms with Crippen LogP contribution in [0.1, 0.15) is 154 Å². The second kappa shape index (κ2) is 49.0. The van der Waals surface area contributed by atoms with Crippen molar-refractivity contribution < 1.29 is 96.1 Å². The van der Waals surface area contributed by atoms with Crippen LogP contribution in [0.4, 0.5) is 4.79 Å². The smallest absolute Gasteiger partial charge is 0.408 e. The number of aliphatic hydroxyl groups is 1. The summed E-state index contributed by atoms with van der Waals surface area (Å²) >= 11 is 1.40. The van der Waals surface area contributed by atoms with Gasteiger partial charge in [0.25, 0.3) is 0 Å². The van der Waals surface area contributed by atoms with Gasteiger partial charge in [-0.05, 0) is 169 Å². The highest BCUT2D eigenvalue weighted by molar-refractivity contribution is 8.76. The molecule has 3 rings (SSSR count). The summed E-state index contributed by atoms with van der Waals surface area (Å²) < 4.78 is 40.9. The molecule has 0 aliphatic heterocycles. The van der Waals surface area contributed by atoms with Gasteiger partial charge in [0, 0.05) is 37.3 Å². The lowest BCUT2D eigenvalue weighted by Crippen LogP contribution is -2.63. The Kier molecular flexibility index (Phi) is 43.0. The van der Waals surface area contributed by atoms with Crippen LogP contribution < -0.4 is 62.6 Å². The molecule has 10 amide bonds. The number of carboxylic acids is 1. The van der Waals surface area contributed by atoms with Gasteiger partial charge in [-0.25, -0.2) is 9.59 Å². The van der Waals surface area contributed by atoms with Gasteiger partial charge < -0.3 is 96.5 Å². The molecule has 112 heavy (non-hydrogen) atoms. The average molecular weight is 1630 g/mol. The van der Waals surface area contributed by atoms with Gasteiger partial charge in [-0.15, -0.1) is 0 Å². The molecule has 0 bridgehead atoms. The van der Waals surface area contributed by atoms with Crippen molar-refractivity contribution in [1.82, 2.24) is 53.2 Å². The monoisotopic (exact) mass is 1630 g/mol. The van der Waals surface area contributed by atoms with Crippen molar-refractivity contribution in [2.45, 2.75) is 246 Å². The highest BCUT2D eigenvalue weighted by atomic mass is 33.1. The number of ether oxygens (including phenoxy) is 7. The number of aliphatic hydroxyl groups excluding tert-OH is 1. The predicted molar refractivity (Wildman–Crippen MR) is 434 cm³/mol. The van der Waals surface area contributed by atoms with Gasteiger partial charge in [0.05, 0.1) is 56.4 Å². The first-order chi connectivity index (χ1) is 52.4. The number of carbonyl (C=O) groups is 11. The Bertz CT molecular complexity index is 3440. The molecule has 628 valence electrons. The van der Waals surface area contributed by atoms with E-state index in [-0.39, 0.29) is 58.2 Å². The van der Waals surface area contributed by atoms with Crippen LogP contribution in [0.15, 0.2) is 78.9 Å². The zero-order chi connectivity index (χ0) is 84.1. The minimum Gasteiger partial charge on any atom is -0.488 e. The molecule has 0 spiro atoms. The molecule has 33 heteroatoms. The summed E-state index contributed by atoms with van der Waals surface area (Å²) in [5.74, 6) is -6.81. The van der Waals surface area contributed by atoms with Crippen molar-refractivity contribution in [2.75, 3.05) is 69.7 Å². The van der Waals surface area contributed by atoms with Gasteiger partial charge in [0.15, 0.2) is 0 Å². The van der Waals surface area contributed by atoms with Gasteiger partial charge >= 0.3 is 12.1 Å². The third-order valence-corrected chi connectivity index (χ3v) is 19.2. The number of thioether (sulfide) groups is 1. The molecule has 30 nitrogen and oxygen atoms in total. The highest BCUT2D eigenvalue weighted by Crippen LogP contribution is 2.24. The van der Waals surface area contributed by atoms with Crippen molar-refractivity contribution in [3.63, 3.8) is 0 Å². The fourth-order valence-electron chi connectivity index (χ4n) is 10.6. The normalized spacial score (nSPS) is 14.8. The van der Waals surface area contributed by atoms with E-state index in [0.29, 0.717) is 46.1 Å². The van der Waals surface area contributed by atoms with E-state index < -0.39 is 174 Å². The summed E-state index contributed by atoms with van der Waals surface area (Å²) in [4.78, 5) is 155. The average Bonchev–Trinajstić information content (AvgIpc) is 0.811. The molecular formula is C79H124N10O20S3. The van der Waals surface area contributed by atoms with Crippen LogP contribution in [-0.2, 0) is 90.9 Å². The van der Waals surface area contributed by atoms with E-state index in [0.717, 1.165) is 5.75 Å². The number of aliphatic carboxylic acids is 1. The number of rotatable bonds is 49. The molecule has 3 aromatic rings. The van der Waals surface area contributed by atoms with E-state index >= 15 is 4.79 Å². The molecule has 0 fully saturated rings. The molecule has 0 radical (unpaired) electrons. The topological polar surface area (TPSA) is 413 Å². The first kappa shape index (κ1) is 98.3. The van der Waals surface area contributed by atoms with E-state index in [1.54, 1.807) is 154 Å². The van der Waals surface area contributed by atoms with Crippen LogP contribution in [0.2, 0.25) is 0 Å². The summed E-state index contributed by atoms with van der Waals surface area (Å²) in [5.41, 5.74) is -1.33. The van der Waals surface area contributed by atoms with Crippen LogP contribution in [0.25, 0.3) is 0 Å². The molecule has 0 saturated carbocycles. The van der Waals surface area contributed by atoms with Crippen molar-refractivity contribution in [3.8, 4) is 11.5 Å². The summed E-state index contributed by atoms with van der Waals surface area (Å²) in [6.45, 7) is 29.8. The fraction of sp³-hybridized carbons (Fsp3) is 0.633. The summed E-state index contributed by atoms with van der Waals surface area (Å²) in [6.07, 6.45) is -0.493. The molecule has 2 unspecified atom stereocenters. The summed E-state index contributed by atoms with van der Waals surface area (Å²) in [7, 11) is 2.97. The van der Waals surface area contributed by atoms with E-state index in [4.69, 9.17) is 33.2 Å². The Morgan fingerprint density at radius 2 is 0.938 bits per heavy atom. The van der Waals surface area contributed by atoms with E-state index in [1.807, 2.05) is 48.5 Å². The molecular weight excluding hydrogens is 1510 g/mol. The number of nitrogens with one attached hydrogen (secondary N) is 10. The first-order valence-corrected chi connectivity index (χ1v) is 41.6. The quantitative estimate of drug-likeness (QED) is 0.0231. The lowest BCUT2D eigenvalue weighted by atomic mass is 9.96. The number of hydrogen-bond acceptors (Lipinski definition) is 22. The van der Waals surface area contributed by atoms with Crippen molar-refractivity contribution in [3.05, 3.63) is 95.6 Å². The highest BCUT2D eigenvalue weighted by Gasteiger charge is 2.39. The van der Waals surface area contributed by atoms with Crippen molar-refractivity contribution in [2.24, 2.45) is 5.92 Å². The lowest BCUT2D eigenvalue weighted by molar-refractivity contribution is -0.143. The maximum Gasteiger partial charge on any atom is 0.408 e. The Labute approximate surface area is 672 Å². The minimum atomic E-state index is -1.84. The Hall–Kier alpha value is -7.92. The molecule has 11 atom stereocenters. The minimum absolute atomic E-state index is 0.00632. The first-order valence-electron chi connectivity index (χ1n) is 37.7. The van der Waals surface area contributed by atoms with Crippen LogP contribution >= 0.6 is 33.3 Å². The van der Waals surface area contributed by atoms with Crippen molar-refractivity contribution in [1.29, 1.82) is 0 Å². The van der Waals surface area contributed by atoms with Gasteiger partial charge in [-0.2, -0.15) is 11.8 Å². The largest absolute Gasteiger partial charge is 0.488 e. The maximum absolute atomic E-state index is 15.0. The van der Waals surface area contributed by atoms with E-state index in [9.17, 15) is 58.2 Å².